The number of ether oxygens (including phenoxy) is 1. The number of hydrogen-bond acceptors (Lipinski definition) is 3. The van der Waals surface area contributed by atoms with Crippen LogP contribution >= 0.6 is 11.6 Å². The zero-order chi connectivity index (χ0) is 13.1. The van der Waals surface area contributed by atoms with Gasteiger partial charge >= 0.3 is 0 Å². The Hall–Kier alpha value is -1.61. The molecule has 0 atom stereocenters. The summed E-state index contributed by atoms with van der Waals surface area (Å²) in [6.45, 7) is 6.44. The second-order valence-electron chi connectivity index (χ2n) is 3.99. The van der Waals surface area contributed by atoms with Gasteiger partial charge in [0.25, 0.3) is 0 Å². The molecule has 1 heterocycles. The van der Waals surface area contributed by atoms with Crippen LogP contribution in [0.25, 0.3) is 11.3 Å². The highest BCUT2D eigenvalue weighted by atomic mass is 35.5. The molecule has 2 aromatic rings. The van der Waals surface area contributed by atoms with Gasteiger partial charge in [0.1, 0.15) is 11.4 Å². The molecular formula is C14H15ClN2O. The predicted octanol–water partition coefficient (Wildman–Crippen LogP) is 3.81. The second-order valence-corrected chi connectivity index (χ2v) is 4.35. The molecule has 1 aromatic carbocycles. The fraction of sp³-hybridized carbons (Fsp3) is 0.286. The largest absolute Gasteiger partial charge is 0.494 e. The van der Waals surface area contributed by atoms with Crippen LogP contribution in [0.5, 0.6) is 5.75 Å². The van der Waals surface area contributed by atoms with Crippen LogP contribution in [0.15, 0.2) is 24.3 Å². The molecule has 94 valence electrons. The third-order valence-electron chi connectivity index (χ3n) is 2.70. The lowest BCUT2D eigenvalue weighted by Crippen LogP contribution is -1.96. The summed E-state index contributed by atoms with van der Waals surface area (Å²) in [5, 5.41) is 0.433. The molecule has 0 unspecified atom stereocenters. The Labute approximate surface area is 112 Å². The lowest BCUT2D eigenvalue weighted by molar-refractivity contribution is 0.340. The molecule has 0 saturated heterocycles. The summed E-state index contributed by atoms with van der Waals surface area (Å²) < 4.78 is 5.40. The number of aryl methyl sites for hydroxylation is 2. The monoisotopic (exact) mass is 262 g/mol. The molecule has 0 aliphatic heterocycles. The maximum Gasteiger partial charge on any atom is 0.155 e. The Morgan fingerprint density at radius 3 is 2.28 bits per heavy atom. The normalized spacial score (nSPS) is 10.4. The zero-order valence-electron chi connectivity index (χ0n) is 10.7. The predicted molar refractivity (Wildman–Crippen MR) is 73.1 cm³/mol. The fourth-order valence-corrected chi connectivity index (χ4v) is 1.91. The maximum atomic E-state index is 6.13. The van der Waals surface area contributed by atoms with E-state index in [0.29, 0.717) is 17.5 Å². The number of benzene rings is 1. The number of aromatic nitrogens is 2. The number of halogens is 1. The summed E-state index contributed by atoms with van der Waals surface area (Å²) >= 11 is 6.13. The van der Waals surface area contributed by atoms with E-state index in [1.54, 1.807) is 0 Å². The lowest BCUT2D eigenvalue weighted by atomic mass is 10.1. The number of rotatable bonds is 3. The van der Waals surface area contributed by atoms with Crippen LogP contribution in [-0.2, 0) is 0 Å². The molecule has 0 N–H and O–H groups in total. The SMILES string of the molecule is CCOc1ccc(-c2nc(C)c(C)nc2Cl)cc1. The van der Waals surface area contributed by atoms with Crippen LogP contribution in [0.2, 0.25) is 5.15 Å². The molecule has 0 bridgehead atoms. The van der Waals surface area contributed by atoms with Crippen molar-refractivity contribution in [3.8, 4) is 17.0 Å². The van der Waals surface area contributed by atoms with E-state index in [0.717, 1.165) is 22.7 Å². The molecule has 3 nitrogen and oxygen atoms in total. The Morgan fingerprint density at radius 1 is 1.06 bits per heavy atom. The van der Waals surface area contributed by atoms with Crippen LogP contribution in [-0.4, -0.2) is 16.6 Å². The van der Waals surface area contributed by atoms with Crippen LogP contribution in [0.1, 0.15) is 18.3 Å². The van der Waals surface area contributed by atoms with Gasteiger partial charge in [-0.05, 0) is 45.0 Å². The van der Waals surface area contributed by atoms with Gasteiger partial charge in [-0.25, -0.2) is 9.97 Å². The Balaban J connectivity index is 2.39. The van der Waals surface area contributed by atoms with Crippen molar-refractivity contribution in [2.24, 2.45) is 0 Å². The minimum absolute atomic E-state index is 0.433. The van der Waals surface area contributed by atoms with Gasteiger partial charge in [0.15, 0.2) is 5.15 Å². The first-order valence-electron chi connectivity index (χ1n) is 5.85. The number of hydrogen-bond donors (Lipinski definition) is 0. The molecule has 18 heavy (non-hydrogen) atoms. The van der Waals surface area contributed by atoms with Crippen molar-refractivity contribution in [2.75, 3.05) is 6.61 Å². The molecule has 0 amide bonds. The van der Waals surface area contributed by atoms with Crippen LogP contribution in [0.4, 0.5) is 0 Å². The highest BCUT2D eigenvalue weighted by Gasteiger charge is 2.09. The summed E-state index contributed by atoms with van der Waals surface area (Å²) in [6.07, 6.45) is 0. The topological polar surface area (TPSA) is 35.0 Å². The summed E-state index contributed by atoms with van der Waals surface area (Å²) in [6, 6.07) is 7.70. The van der Waals surface area contributed by atoms with Crippen molar-refractivity contribution in [1.29, 1.82) is 0 Å². The van der Waals surface area contributed by atoms with E-state index in [4.69, 9.17) is 16.3 Å². The van der Waals surface area contributed by atoms with Gasteiger partial charge in [0, 0.05) is 5.56 Å². The minimum atomic E-state index is 0.433. The summed E-state index contributed by atoms with van der Waals surface area (Å²) in [4.78, 5) is 8.76. The first kappa shape index (κ1) is 12.8. The Morgan fingerprint density at radius 2 is 1.67 bits per heavy atom. The van der Waals surface area contributed by atoms with Crippen molar-refractivity contribution >= 4 is 11.6 Å². The fourth-order valence-electron chi connectivity index (χ4n) is 1.64. The third kappa shape index (κ3) is 2.62. The van der Waals surface area contributed by atoms with E-state index in [1.165, 1.54) is 0 Å². The van der Waals surface area contributed by atoms with Crippen LogP contribution < -0.4 is 4.74 Å². The van der Waals surface area contributed by atoms with Crippen molar-refractivity contribution in [3.05, 3.63) is 40.8 Å². The van der Waals surface area contributed by atoms with E-state index in [9.17, 15) is 0 Å². The van der Waals surface area contributed by atoms with Crippen LogP contribution in [0.3, 0.4) is 0 Å². The van der Waals surface area contributed by atoms with Crippen LogP contribution in [0, 0.1) is 13.8 Å². The first-order valence-corrected chi connectivity index (χ1v) is 6.23. The third-order valence-corrected chi connectivity index (χ3v) is 2.97. The Bertz CT molecular complexity index is 552. The average Bonchev–Trinajstić information content (AvgIpc) is 2.35. The molecule has 2 rings (SSSR count). The van der Waals surface area contributed by atoms with Crippen molar-refractivity contribution in [3.63, 3.8) is 0 Å². The highest BCUT2D eigenvalue weighted by molar-refractivity contribution is 6.31. The maximum absolute atomic E-state index is 6.13. The van der Waals surface area contributed by atoms with Crippen molar-refractivity contribution < 1.29 is 4.74 Å². The van der Waals surface area contributed by atoms with Gasteiger partial charge in [-0.3, -0.25) is 0 Å². The quantitative estimate of drug-likeness (QED) is 0.844. The van der Waals surface area contributed by atoms with Gasteiger partial charge in [0.2, 0.25) is 0 Å². The van der Waals surface area contributed by atoms with Gasteiger partial charge < -0.3 is 4.74 Å². The molecule has 0 saturated carbocycles. The zero-order valence-corrected chi connectivity index (χ0v) is 11.5. The number of nitrogens with zero attached hydrogens (tertiary/aromatic N) is 2. The molecular weight excluding hydrogens is 248 g/mol. The molecule has 4 heteroatoms. The molecule has 0 fully saturated rings. The molecule has 0 aliphatic carbocycles. The Kier molecular flexibility index (Phi) is 3.82. The molecule has 1 aromatic heterocycles. The van der Waals surface area contributed by atoms with Gasteiger partial charge in [-0.15, -0.1) is 0 Å². The second kappa shape index (κ2) is 5.36. The van der Waals surface area contributed by atoms with E-state index < -0.39 is 0 Å². The smallest absolute Gasteiger partial charge is 0.155 e. The summed E-state index contributed by atoms with van der Waals surface area (Å²) in [5.41, 5.74) is 3.40. The lowest BCUT2D eigenvalue weighted by Gasteiger charge is -2.08. The molecule has 0 aliphatic rings. The first-order chi connectivity index (χ1) is 8.61. The van der Waals surface area contributed by atoms with E-state index in [1.807, 2.05) is 45.0 Å². The average molecular weight is 263 g/mol. The van der Waals surface area contributed by atoms with Gasteiger partial charge in [0.05, 0.1) is 18.0 Å². The molecule has 0 radical (unpaired) electrons. The standard InChI is InChI=1S/C14H15ClN2O/c1-4-18-12-7-5-11(6-8-12)13-14(15)17-10(3)9(2)16-13/h5-8H,4H2,1-3H3. The van der Waals surface area contributed by atoms with Crippen molar-refractivity contribution in [1.82, 2.24) is 9.97 Å². The van der Waals surface area contributed by atoms with E-state index in [2.05, 4.69) is 9.97 Å². The van der Waals surface area contributed by atoms with Crippen molar-refractivity contribution in [2.45, 2.75) is 20.8 Å². The van der Waals surface area contributed by atoms with Gasteiger partial charge in [-0.1, -0.05) is 11.6 Å². The van der Waals surface area contributed by atoms with Gasteiger partial charge in [-0.2, -0.15) is 0 Å². The summed E-state index contributed by atoms with van der Waals surface area (Å²) in [5.74, 6) is 0.842. The van der Waals surface area contributed by atoms with E-state index in [-0.39, 0.29) is 0 Å². The summed E-state index contributed by atoms with van der Waals surface area (Å²) in [7, 11) is 0. The van der Waals surface area contributed by atoms with E-state index >= 15 is 0 Å². The highest BCUT2D eigenvalue weighted by Crippen LogP contribution is 2.26. The minimum Gasteiger partial charge on any atom is -0.494 e. The molecule has 0 spiro atoms.